The van der Waals surface area contributed by atoms with E-state index >= 15 is 0 Å². The number of benzene rings is 2. The molecule has 0 unspecified atom stereocenters. The molecular weight excluding hydrogens is 349 g/mol. The molecule has 1 N–H and O–H groups in total. The molecule has 142 valence electrons. The second kappa shape index (κ2) is 6.76. The number of nitrogens with zero attached hydrogens (tertiary/aromatic N) is 1. The van der Waals surface area contributed by atoms with Crippen molar-refractivity contribution in [2.75, 3.05) is 0 Å². The third-order valence-electron chi connectivity index (χ3n) is 5.57. The van der Waals surface area contributed by atoms with Crippen molar-refractivity contribution in [1.29, 1.82) is 0 Å². The minimum Gasteiger partial charge on any atom is -0.456 e. The van der Waals surface area contributed by atoms with Gasteiger partial charge in [0.25, 0.3) is 0 Å². The van der Waals surface area contributed by atoms with E-state index in [4.69, 9.17) is 9.07 Å². The number of aliphatic hydroxyl groups is 1. The molecule has 0 amide bonds. The summed E-state index contributed by atoms with van der Waals surface area (Å²) in [4.78, 5) is 4.61. The fourth-order valence-electron chi connectivity index (χ4n) is 3.01. The highest BCUT2D eigenvalue weighted by Crippen LogP contribution is 2.31. The maximum absolute atomic E-state index is 10.2. The van der Waals surface area contributed by atoms with Crippen molar-refractivity contribution in [3.63, 3.8) is 0 Å². The molecule has 0 fully saturated rings. The van der Waals surface area contributed by atoms with E-state index < -0.39 is 11.2 Å². The van der Waals surface area contributed by atoms with Crippen LogP contribution in [0.25, 0.3) is 33.2 Å². The first-order valence-electron chi connectivity index (χ1n) is 9.47. The van der Waals surface area contributed by atoms with Gasteiger partial charge in [-0.2, -0.15) is 0 Å². The van der Waals surface area contributed by atoms with Crippen molar-refractivity contribution in [1.82, 2.24) is 4.98 Å². The number of hydrogen-bond donors (Lipinski definition) is 1. The molecule has 0 spiro atoms. The summed E-state index contributed by atoms with van der Waals surface area (Å²) in [5, 5.41) is 12.4. The Labute approximate surface area is 165 Å². The van der Waals surface area contributed by atoms with Crippen LogP contribution in [0.5, 0.6) is 0 Å². The number of furan rings is 1. The van der Waals surface area contributed by atoms with Crippen molar-refractivity contribution >= 4 is 34.9 Å². The molecule has 0 saturated heterocycles. The SMILES string of the molecule is CC(C)(O)C(C)(C)OBc1ccc(-c2ccc3oc4ccccc4c3c2)nc1. The first-order valence-corrected chi connectivity index (χ1v) is 9.47. The van der Waals surface area contributed by atoms with Crippen LogP contribution in [0, 0.1) is 0 Å². The average molecular weight is 373 g/mol. The Morgan fingerprint density at radius 1 is 0.929 bits per heavy atom. The smallest absolute Gasteiger partial charge is 0.311 e. The topological polar surface area (TPSA) is 55.5 Å². The Balaban J connectivity index is 1.58. The predicted molar refractivity (Wildman–Crippen MR) is 115 cm³/mol. The summed E-state index contributed by atoms with van der Waals surface area (Å²) in [5.74, 6) is 0. The van der Waals surface area contributed by atoms with Crippen LogP contribution in [0.15, 0.2) is 65.2 Å². The zero-order valence-corrected chi connectivity index (χ0v) is 16.7. The van der Waals surface area contributed by atoms with Gasteiger partial charge in [0.2, 0.25) is 0 Å². The molecular formula is C23H24BNO3. The molecule has 0 aliphatic carbocycles. The average Bonchev–Trinajstić information content (AvgIpc) is 3.04. The number of rotatable bonds is 5. The fraction of sp³-hybridized carbons (Fsp3) is 0.261. The van der Waals surface area contributed by atoms with Crippen LogP contribution >= 0.6 is 0 Å². The Morgan fingerprint density at radius 3 is 2.39 bits per heavy atom. The van der Waals surface area contributed by atoms with Crippen molar-refractivity contribution in [2.24, 2.45) is 0 Å². The van der Waals surface area contributed by atoms with Gasteiger partial charge in [0.05, 0.1) is 16.9 Å². The number of para-hydroxylation sites is 1. The number of pyridine rings is 1. The Bertz CT molecular complexity index is 1120. The summed E-state index contributed by atoms with van der Waals surface area (Å²) in [6.07, 6.45) is 1.83. The zero-order valence-electron chi connectivity index (χ0n) is 16.7. The van der Waals surface area contributed by atoms with Gasteiger partial charge in [-0.25, -0.2) is 0 Å². The van der Waals surface area contributed by atoms with Crippen LogP contribution in [0.1, 0.15) is 27.7 Å². The van der Waals surface area contributed by atoms with Crippen LogP contribution in [0.2, 0.25) is 0 Å². The van der Waals surface area contributed by atoms with Crippen LogP contribution in [-0.4, -0.2) is 28.8 Å². The van der Waals surface area contributed by atoms with Gasteiger partial charge in [-0.3, -0.25) is 4.98 Å². The van der Waals surface area contributed by atoms with E-state index in [1.165, 1.54) is 0 Å². The van der Waals surface area contributed by atoms with Gasteiger partial charge in [-0.15, -0.1) is 0 Å². The Hall–Kier alpha value is -2.63. The number of fused-ring (bicyclic) bond motifs is 3. The Kier molecular flexibility index (Phi) is 4.52. The first kappa shape index (κ1) is 18.7. The zero-order chi connectivity index (χ0) is 19.9. The van der Waals surface area contributed by atoms with E-state index in [1.54, 1.807) is 13.8 Å². The lowest BCUT2D eigenvalue weighted by Crippen LogP contribution is -2.49. The molecule has 2 aromatic carbocycles. The lowest BCUT2D eigenvalue weighted by atomic mass is 9.83. The van der Waals surface area contributed by atoms with Crippen LogP contribution < -0.4 is 5.46 Å². The standard InChI is InChI=1S/C23H24BNO3/c1-22(2,26)23(3,4)28-24-16-10-11-19(25-14-16)15-9-12-21-18(13-15)17-7-5-6-8-20(17)27-21/h5-14,24,26H,1-4H3. The maximum atomic E-state index is 10.2. The second-order valence-corrected chi connectivity index (χ2v) is 8.22. The third kappa shape index (κ3) is 3.43. The highest BCUT2D eigenvalue weighted by atomic mass is 16.5. The summed E-state index contributed by atoms with van der Waals surface area (Å²) in [7, 11) is 0.398. The molecule has 0 aliphatic rings. The normalized spacial score (nSPS) is 12.6. The molecule has 2 heterocycles. The molecule has 4 aromatic rings. The van der Waals surface area contributed by atoms with E-state index in [2.05, 4.69) is 17.1 Å². The number of aromatic nitrogens is 1. The molecule has 28 heavy (non-hydrogen) atoms. The van der Waals surface area contributed by atoms with E-state index in [1.807, 2.05) is 62.5 Å². The monoisotopic (exact) mass is 373 g/mol. The summed E-state index contributed by atoms with van der Waals surface area (Å²) in [5.41, 5.74) is 3.10. The van der Waals surface area contributed by atoms with Crippen molar-refractivity contribution in [3.8, 4) is 11.3 Å². The molecule has 0 radical (unpaired) electrons. The predicted octanol–water partition coefficient (Wildman–Crippen LogP) is 4.19. The maximum Gasteiger partial charge on any atom is 0.311 e. The van der Waals surface area contributed by atoms with Crippen molar-refractivity contribution in [2.45, 2.75) is 38.9 Å². The summed E-state index contributed by atoms with van der Waals surface area (Å²) in [6.45, 7) is 7.28. The highest BCUT2D eigenvalue weighted by Gasteiger charge is 2.35. The molecule has 2 aromatic heterocycles. The Morgan fingerprint density at radius 2 is 1.68 bits per heavy atom. The highest BCUT2D eigenvalue weighted by molar-refractivity contribution is 6.46. The summed E-state index contributed by atoms with van der Waals surface area (Å²) in [6, 6.07) is 18.2. The van der Waals surface area contributed by atoms with E-state index in [-0.39, 0.29) is 0 Å². The molecule has 4 rings (SSSR count). The van der Waals surface area contributed by atoms with E-state index in [0.29, 0.717) is 7.48 Å². The fourth-order valence-corrected chi connectivity index (χ4v) is 3.01. The first-order chi connectivity index (χ1) is 13.2. The van der Waals surface area contributed by atoms with Gasteiger partial charge in [0, 0.05) is 22.5 Å². The lowest BCUT2D eigenvalue weighted by molar-refractivity contribution is -0.0893. The second-order valence-electron chi connectivity index (χ2n) is 8.22. The molecule has 0 bridgehead atoms. The van der Waals surface area contributed by atoms with E-state index in [9.17, 15) is 5.11 Å². The van der Waals surface area contributed by atoms with Gasteiger partial charge < -0.3 is 14.2 Å². The van der Waals surface area contributed by atoms with Crippen molar-refractivity contribution in [3.05, 3.63) is 60.8 Å². The van der Waals surface area contributed by atoms with Crippen LogP contribution in [-0.2, 0) is 4.65 Å². The quantitative estimate of drug-likeness (QED) is 0.533. The molecule has 5 heteroatoms. The minimum atomic E-state index is -0.927. The molecule has 4 nitrogen and oxygen atoms in total. The summed E-state index contributed by atoms with van der Waals surface area (Å²) < 4.78 is 11.8. The van der Waals surface area contributed by atoms with Gasteiger partial charge in [0.1, 0.15) is 11.2 Å². The van der Waals surface area contributed by atoms with Gasteiger partial charge in [-0.1, -0.05) is 24.3 Å². The van der Waals surface area contributed by atoms with E-state index in [0.717, 1.165) is 38.7 Å². The van der Waals surface area contributed by atoms with Gasteiger partial charge in [-0.05, 0) is 63.5 Å². The summed E-state index contributed by atoms with van der Waals surface area (Å²) >= 11 is 0. The third-order valence-corrected chi connectivity index (χ3v) is 5.57. The van der Waals surface area contributed by atoms with Gasteiger partial charge >= 0.3 is 7.48 Å². The van der Waals surface area contributed by atoms with Crippen molar-refractivity contribution < 1.29 is 14.2 Å². The largest absolute Gasteiger partial charge is 0.456 e. The molecule has 0 atom stereocenters. The van der Waals surface area contributed by atoms with Crippen LogP contribution in [0.3, 0.4) is 0 Å². The van der Waals surface area contributed by atoms with Crippen LogP contribution in [0.4, 0.5) is 0 Å². The lowest BCUT2D eigenvalue weighted by Gasteiger charge is -2.37. The molecule has 0 aliphatic heterocycles. The molecule has 0 saturated carbocycles. The minimum absolute atomic E-state index is 0.398. The van der Waals surface area contributed by atoms with Gasteiger partial charge in [0.15, 0.2) is 0 Å². The number of hydrogen-bond acceptors (Lipinski definition) is 4.